The maximum atomic E-state index is 12.6. The third-order valence-electron chi connectivity index (χ3n) is 5.10. The van der Waals surface area contributed by atoms with E-state index in [1.807, 2.05) is 11.0 Å². The van der Waals surface area contributed by atoms with Crippen LogP contribution in [0.25, 0.3) is 5.57 Å². The molecule has 0 aromatic heterocycles. The Bertz CT molecular complexity index is 569. The Labute approximate surface area is 139 Å². The van der Waals surface area contributed by atoms with Crippen molar-refractivity contribution in [1.82, 2.24) is 14.7 Å². The lowest BCUT2D eigenvalue weighted by atomic mass is 9.99. The zero-order valence-electron chi connectivity index (χ0n) is 14.2. The Kier molecular flexibility index (Phi) is 5.13. The molecule has 1 amide bonds. The van der Waals surface area contributed by atoms with Gasteiger partial charge in [0, 0.05) is 45.2 Å². The number of nitrogens with zero attached hydrogens (tertiary/aromatic N) is 3. The molecule has 0 radical (unpaired) electrons. The SMILES string of the molecule is CN1CCN(C)[C@@H](CC(=O)N2CC=C(c3ccccc3)CC2)C1. The van der Waals surface area contributed by atoms with Crippen LogP contribution in [0.15, 0.2) is 36.4 Å². The van der Waals surface area contributed by atoms with Crippen LogP contribution in [0, 0.1) is 0 Å². The number of hydrogen-bond donors (Lipinski definition) is 0. The van der Waals surface area contributed by atoms with E-state index in [0.29, 0.717) is 18.4 Å². The molecular weight excluding hydrogens is 286 g/mol. The molecule has 1 aromatic carbocycles. The van der Waals surface area contributed by atoms with Crippen LogP contribution in [0.4, 0.5) is 0 Å². The quantitative estimate of drug-likeness (QED) is 0.853. The van der Waals surface area contributed by atoms with Crippen molar-refractivity contribution in [2.45, 2.75) is 18.9 Å². The van der Waals surface area contributed by atoms with Gasteiger partial charge in [-0.3, -0.25) is 4.79 Å². The summed E-state index contributed by atoms with van der Waals surface area (Å²) in [6.07, 6.45) is 3.80. The first-order chi connectivity index (χ1) is 11.1. The molecule has 3 rings (SSSR count). The summed E-state index contributed by atoms with van der Waals surface area (Å²) >= 11 is 0. The highest BCUT2D eigenvalue weighted by atomic mass is 16.2. The summed E-state index contributed by atoms with van der Waals surface area (Å²) in [5.74, 6) is 0.292. The Hall–Kier alpha value is -1.65. The van der Waals surface area contributed by atoms with Gasteiger partial charge in [-0.15, -0.1) is 0 Å². The Morgan fingerprint density at radius 1 is 1.13 bits per heavy atom. The second-order valence-electron chi connectivity index (χ2n) is 6.79. The number of likely N-dealkylation sites (N-methyl/N-ethyl adjacent to an activating group) is 2. The summed E-state index contributed by atoms with van der Waals surface area (Å²) < 4.78 is 0. The van der Waals surface area contributed by atoms with E-state index in [0.717, 1.165) is 39.1 Å². The first-order valence-corrected chi connectivity index (χ1v) is 8.54. The zero-order valence-corrected chi connectivity index (χ0v) is 14.2. The van der Waals surface area contributed by atoms with E-state index in [2.05, 4.69) is 54.2 Å². The van der Waals surface area contributed by atoms with Crippen LogP contribution in [0.3, 0.4) is 0 Å². The van der Waals surface area contributed by atoms with Crippen molar-refractivity contribution in [3.63, 3.8) is 0 Å². The van der Waals surface area contributed by atoms with E-state index in [1.54, 1.807) is 0 Å². The van der Waals surface area contributed by atoms with Gasteiger partial charge in [0.25, 0.3) is 0 Å². The Morgan fingerprint density at radius 3 is 2.61 bits per heavy atom. The summed E-state index contributed by atoms with van der Waals surface area (Å²) in [5.41, 5.74) is 2.65. The number of carbonyl (C=O) groups is 1. The lowest BCUT2D eigenvalue weighted by molar-refractivity contribution is -0.132. The number of carbonyl (C=O) groups excluding carboxylic acids is 1. The van der Waals surface area contributed by atoms with E-state index in [-0.39, 0.29) is 0 Å². The molecule has 2 aliphatic rings. The van der Waals surface area contributed by atoms with Crippen LogP contribution in [0.2, 0.25) is 0 Å². The molecule has 0 aliphatic carbocycles. The minimum atomic E-state index is 0.292. The van der Waals surface area contributed by atoms with Crippen LogP contribution < -0.4 is 0 Å². The third-order valence-corrected chi connectivity index (χ3v) is 5.10. The van der Waals surface area contributed by atoms with Crippen LogP contribution in [-0.4, -0.2) is 73.5 Å². The molecule has 0 unspecified atom stereocenters. The molecule has 1 fully saturated rings. The summed E-state index contributed by atoms with van der Waals surface area (Å²) in [6, 6.07) is 10.8. The molecule has 4 nitrogen and oxygen atoms in total. The van der Waals surface area contributed by atoms with Crippen molar-refractivity contribution in [2.24, 2.45) is 0 Å². The molecule has 1 atom stereocenters. The standard InChI is InChI=1S/C19H27N3O/c1-20-12-13-21(2)18(15-20)14-19(23)22-10-8-17(9-11-22)16-6-4-3-5-7-16/h3-8,18H,9-15H2,1-2H3/t18-/m0/s1. The third kappa shape index (κ3) is 4.01. The number of amides is 1. The number of hydrogen-bond acceptors (Lipinski definition) is 3. The summed E-state index contributed by atoms with van der Waals surface area (Å²) in [7, 11) is 4.27. The number of benzene rings is 1. The zero-order chi connectivity index (χ0) is 16.2. The van der Waals surface area contributed by atoms with Crippen LogP contribution in [-0.2, 0) is 4.79 Å². The van der Waals surface area contributed by atoms with Crippen molar-refractivity contribution in [2.75, 3.05) is 46.8 Å². The molecule has 0 saturated carbocycles. The van der Waals surface area contributed by atoms with Gasteiger partial charge in [-0.2, -0.15) is 0 Å². The Balaban J connectivity index is 1.57. The van der Waals surface area contributed by atoms with Gasteiger partial charge in [0.15, 0.2) is 0 Å². The van der Waals surface area contributed by atoms with Crippen molar-refractivity contribution in [3.05, 3.63) is 42.0 Å². The lowest BCUT2D eigenvalue weighted by Crippen LogP contribution is -2.52. The predicted molar refractivity (Wildman–Crippen MR) is 94.1 cm³/mol. The smallest absolute Gasteiger partial charge is 0.224 e. The summed E-state index contributed by atoms with van der Waals surface area (Å²) in [4.78, 5) is 19.3. The van der Waals surface area contributed by atoms with Gasteiger partial charge in [0.05, 0.1) is 0 Å². The van der Waals surface area contributed by atoms with Gasteiger partial charge in [0.2, 0.25) is 5.91 Å². The van der Waals surface area contributed by atoms with Crippen LogP contribution in [0.5, 0.6) is 0 Å². The van der Waals surface area contributed by atoms with Gasteiger partial charge in [-0.05, 0) is 31.7 Å². The minimum absolute atomic E-state index is 0.292. The molecule has 1 saturated heterocycles. The van der Waals surface area contributed by atoms with Crippen LogP contribution in [0.1, 0.15) is 18.4 Å². The van der Waals surface area contributed by atoms with Gasteiger partial charge in [-0.1, -0.05) is 36.4 Å². The first-order valence-electron chi connectivity index (χ1n) is 8.54. The van der Waals surface area contributed by atoms with Gasteiger partial charge in [0.1, 0.15) is 0 Å². The molecule has 23 heavy (non-hydrogen) atoms. The fourth-order valence-corrected chi connectivity index (χ4v) is 3.46. The van der Waals surface area contributed by atoms with E-state index >= 15 is 0 Å². The normalized spacial score (nSPS) is 23.7. The second-order valence-corrected chi connectivity index (χ2v) is 6.79. The second kappa shape index (κ2) is 7.28. The molecule has 1 aromatic rings. The minimum Gasteiger partial charge on any atom is -0.339 e. The summed E-state index contributed by atoms with van der Waals surface area (Å²) in [6.45, 7) is 4.71. The van der Waals surface area contributed by atoms with Crippen molar-refractivity contribution in [1.29, 1.82) is 0 Å². The van der Waals surface area contributed by atoms with Crippen molar-refractivity contribution < 1.29 is 4.79 Å². The monoisotopic (exact) mass is 313 g/mol. The van der Waals surface area contributed by atoms with E-state index in [4.69, 9.17) is 0 Å². The number of piperazine rings is 1. The van der Waals surface area contributed by atoms with Gasteiger partial charge < -0.3 is 14.7 Å². The maximum absolute atomic E-state index is 12.6. The fourth-order valence-electron chi connectivity index (χ4n) is 3.46. The molecular formula is C19H27N3O. The fraction of sp³-hybridized carbons (Fsp3) is 0.526. The van der Waals surface area contributed by atoms with Crippen LogP contribution >= 0.6 is 0 Å². The molecule has 4 heteroatoms. The van der Waals surface area contributed by atoms with Crippen molar-refractivity contribution >= 4 is 11.5 Å². The van der Waals surface area contributed by atoms with Crippen molar-refractivity contribution in [3.8, 4) is 0 Å². The highest BCUT2D eigenvalue weighted by Crippen LogP contribution is 2.23. The summed E-state index contributed by atoms with van der Waals surface area (Å²) in [5, 5.41) is 0. The van der Waals surface area contributed by atoms with E-state index in [9.17, 15) is 4.79 Å². The predicted octanol–water partition coefficient (Wildman–Crippen LogP) is 1.94. The Morgan fingerprint density at radius 2 is 1.91 bits per heavy atom. The highest BCUT2D eigenvalue weighted by Gasteiger charge is 2.27. The average Bonchev–Trinajstić information content (AvgIpc) is 2.59. The largest absolute Gasteiger partial charge is 0.339 e. The highest BCUT2D eigenvalue weighted by molar-refractivity contribution is 5.79. The average molecular weight is 313 g/mol. The first kappa shape index (κ1) is 16.2. The van der Waals surface area contributed by atoms with Gasteiger partial charge >= 0.3 is 0 Å². The molecule has 0 spiro atoms. The molecule has 124 valence electrons. The topological polar surface area (TPSA) is 26.8 Å². The number of rotatable bonds is 3. The molecule has 0 bridgehead atoms. The molecule has 2 heterocycles. The van der Waals surface area contributed by atoms with E-state index in [1.165, 1.54) is 11.1 Å². The van der Waals surface area contributed by atoms with Gasteiger partial charge in [-0.25, -0.2) is 0 Å². The molecule has 0 N–H and O–H groups in total. The molecule has 2 aliphatic heterocycles. The van der Waals surface area contributed by atoms with E-state index < -0.39 is 0 Å². The lowest BCUT2D eigenvalue weighted by Gasteiger charge is -2.38. The maximum Gasteiger partial charge on any atom is 0.224 e.